The molecule has 1 spiro atoms. The van der Waals surface area contributed by atoms with Crippen LogP contribution in [0, 0.1) is 24.7 Å². The number of carbonyl (C=O) groups excluding carboxylic acids is 3. The lowest BCUT2D eigenvalue weighted by Gasteiger charge is -2.41. The van der Waals surface area contributed by atoms with Gasteiger partial charge in [0.15, 0.2) is 0 Å². The lowest BCUT2D eigenvalue weighted by Crippen LogP contribution is -2.59. The van der Waals surface area contributed by atoms with Crippen LogP contribution in [0.25, 0.3) is 0 Å². The molecule has 4 rings (SSSR count). The maximum absolute atomic E-state index is 14.8. The standard InChI is InChI=1S/C31H40BrClN2O5S/c1-6-8-9-10-15-40-30(39)23-24-28(37)35(22(17-36)18(3)4)27(31(24)16-20(32)26(23)41-31)29(38)34(14-7-2)25-19(5)12-11-13-21(25)33/h6-7,11-13,18,20,22-24,26-27,36H,1-2,8-10,14-17H2,3-5H3/t20?,22-,23-,24-,26-,27?,31?/m0/s1. The zero-order chi connectivity index (χ0) is 30.1. The Morgan fingerprint density at radius 1 is 1.32 bits per heavy atom. The lowest BCUT2D eigenvalue weighted by molar-refractivity contribution is -0.154. The van der Waals surface area contributed by atoms with Crippen molar-refractivity contribution in [2.24, 2.45) is 17.8 Å². The first-order valence-electron chi connectivity index (χ1n) is 14.3. The highest BCUT2D eigenvalue weighted by Gasteiger charge is 2.76. The predicted octanol–water partition coefficient (Wildman–Crippen LogP) is 5.55. The van der Waals surface area contributed by atoms with Crippen molar-refractivity contribution in [1.82, 2.24) is 4.90 Å². The van der Waals surface area contributed by atoms with E-state index in [0.717, 1.165) is 18.4 Å². The topological polar surface area (TPSA) is 87.1 Å². The number of alkyl halides is 1. The Kier molecular flexibility index (Phi) is 10.4. The first-order valence-corrected chi connectivity index (χ1v) is 16.4. The minimum atomic E-state index is -0.907. The normalized spacial score (nSPS) is 29.0. The van der Waals surface area contributed by atoms with Crippen LogP contribution in [0.3, 0.4) is 0 Å². The molecular formula is C31H40BrClN2O5S. The van der Waals surface area contributed by atoms with Gasteiger partial charge in [-0.1, -0.05) is 65.7 Å². The number of thioether (sulfide) groups is 1. The Hall–Kier alpha value is -1.81. The quantitative estimate of drug-likeness (QED) is 0.129. The molecule has 2 bridgehead atoms. The Balaban J connectivity index is 1.78. The third-order valence-corrected chi connectivity index (χ3v) is 12.2. The zero-order valence-corrected chi connectivity index (χ0v) is 27.1. The molecule has 3 saturated heterocycles. The average molecular weight is 668 g/mol. The fraction of sp³-hybridized carbons (Fsp3) is 0.581. The number of likely N-dealkylation sites (tertiary alicyclic amines) is 1. The summed E-state index contributed by atoms with van der Waals surface area (Å²) in [6, 6.07) is 3.95. The number of fused-ring (bicyclic) bond motifs is 1. The van der Waals surface area contributed by atoms with E-state index in [0.29, 0.717) is 23.6 Å². The molecule has 0 aliphatic carbocycles. The fourth-order valence-corrected chi connectivity index (χ4v) is 10.7. The molecule has 7 atom stereocenters. The summed E-state index contributed by atoms with van der Waals surface area (Å²) in [5, 5.41) is 10.7. The number of aryl methyl sites for hydroxylation is 1. The molecule has 3 fully saturated rings. The highest BCUT2D eigenvalue weighted by atomic mass is 79.9. The second kappa shape index (κ2) is 13.2. The SMILES string of the molecule is C=CCCCCOC(=O)[C@H]1[C@H]2C(=O)N([C@@H](CO)C(C)C)C(C(=O)N(CC=C)c3c(C)cccc3Cl)C23CC(Br)[C@@H]1S3. The number of ether oxygens (including phenoxy) is 1. The van der Waals surface area contributed by atoms with Crippen molar-refractivity contribution < 1.29 is 24.2 Å². The third-order valence-electron chi connectivity index (χ3n) is 8.63. The molecule has 1 aromatic carbocycles. The molecule has 7 nitrogen and oxygen atoms in total. The molecule has 3 aliphatic rings. The number of benzene rings is 1. The summed E-state index contributed by atoms with van der Waals surface area (Å²) in [7, 11) is 0. The van der Waals surface area contributed by atoms with Crippen molar-refractivity contribution in [3.05, 3.63) is 54.1 Å². The van der Waals surface area contributed by atoms with Gasteiger partial charge in [-0.05, 0) is 50.2 Å². The van der Waals surface area contributed by atoms with Crippen molar-refractivity contribution in [1.29, 1.82) is 0 Å². The number of nitrogens with zero attached hydrogens (tertiary/aromatic N) is 2. The first-order chi connectivity index (χ1) is 19.5. The van der Waals surface area contributed by atoms with Gasteiger partial charge in [0.1, 0.15) is 6.04 Å². The number of amides is 2. The minimum absolute atomic E-state index is 0.0772. The number of halogens is 2. The van der Waals surface area contributed by atoms with Crippen molar-refractivity contribution in [3.63, 3.8) is 0 Å². The summed E-state index contributed by atoms with van der Waals surface area (Å²) in [4.78, 5) is 45.9. The Labute approximate surface area is 260 Å². The molecule has 0 saturated carbocycles. The second-order valence-corrected chi connectivity index (χ2v) is 14.6. The summed E-state index contributed by atoms with van der Waals surface area (Å²) >= 11 is 12.0. The van der Waals surface area contributed by atoms with Crippen LogP contribution < -0.4 is 4.90 Å². The molecule has 224 valence electrons. The number of unbranched alkanes of at least 4 members (excludes halogenated alkanes) is 2. The number of hydrogen-bond acceptors (Lipinski definition) is 6. The molecular weight excluding hydrogens is 628 g/mol. The van der Waals surface area contributed by atoms with E-state index in [2.05, 4.69) is 29.1 Å². The number of anilines is 1. The summed E-state index contributed by atoms with van der Waals surface area (Å²) in [5.74, 6) is -2.50. The molecule has 0 aromatic heterocycles. The van der Waals surface area contributed by atoms with Crippen LogP contribution in [0.5, 0.6) is 0 Å². The largest absolute Gasteiger partial charge is 0.465 e. The van der Waals surface area contributed by atoms with Gasteiger partial charge in [0.05, 0.1) is 46.5 Å². The van der Waals surface area contributed by atoms with E-state index in [-0.39, 0.29) is 47.6 Å². The van der Waals surface area contributed by atoms with E-state index in [1.54, 1.807) is 33.7 Å². The lowest BCUT2D eigenvalue weighted by atomic mass is 9.71. The van der Waals surface area contributed by atoms with E-state index in [1.807, 2.05) is 39.0 Å². The number of hydrogen-bond donors (Lipinski definition) is 1. The van der Waals surface area contributed by atoms with Gasteiger partial charge in [-0.3, -0.25) is 14.4 Å². The molecule has 10 heteroatoms. The van der Waals surface area contributed by atoms with Gasteiger partial charge in [-0.2, -0.15) is 0 Å². The molecule has 2 amide bonds. The van der Waals surface area contributed by atoms with Crippen LogP contribution in [0.4, 0.5) is 5.69 Å². The van der Waals surface area contributed by atoms with Gasteiger partial charge in [0.2, 0.25) is 5.91 Å². The number of allylic oxidation sites excluding steroid dienone is 1. The maximum atomic E-state index is 14.8. The van der Waals surface area contributed by atoms with E-state index in [9.17, 15) is 19.5 Å². The molecule has 3 unspecified atom stereocenters. The number of carbonyl (C=O) groups is 3. The summed E-state index contributed by atoms with van der Waals surface area (Å²) < 4.78 is 4.86. The minimum Gasteiger partial charge on any atom is -0.465 e. The zero-order valence-electron chi connectivity index (χ0n) is 23.9. The predicted molar refractivity (Wildman–Crippen MR) is 169 cm³/mol. The monoisotopic (exact) mass is 666 g/mol. The molecule has 41 heavy (non-hydrogen) atoms. The maximum Gasteiger partial charge on any atom is 0.310 e. The van der Waals surface area contributed by atoms with Crippen molar-refractivity contribution in [2.75, 3.05) is 24.7 Å². The van der Waals surface area contributed by atoms with Crippen LogP contribution in [-0.4, -0.2) is 74.5 Å². The van der Waals surface area contributed by atoms with Gasteiger partial charge in [0.25, 0.3) is 5.91 Å². The van der Waals surface area contributed by atoms with E-state index in [1.165, 1.54) is 0 Å². The summed E-state index contributed by atoms with van der Waals surface area (Å²) in [6.07, 6.45) is 6.43. The highest BCUT2D eigenvalue weighted by molar-refractivity contribution is 9.09. The third kappa shape index (κ3) is 5.64. The van der Waals surface area contributed by atoms with Crippen molar-refractivity contribution >= 4 is 62.8 Å². The van der Waals surface area contributed by atoms with E-state index < -0.39 is 34.6 Å². The number of esters is 1. The van der Waals surface area contributed by atoms with Crippen molar-refractivity contribution in [3.8, 4) is 0 Å². The molecule has 1 N–H and O–H groups in total. The van der Waals surface area contributed by atoms with Crippen molar-refractivity contribution in [2.45, 2.75) is 73.4 Å². The van der Waals surface area contributed by atoms with Gasteiger partial charge < -0.3 is 19.6 Å². The number of para-hydroxylation sites is 1. The molecule has 3 heterocycles. The second-order valence-electron chi connectivity index (χ2n) is 11.5. The average Bonchev–Trinajstić information content (AvgIpc) is 3.51. The number of aliphatic hydroxyl groups is 1. The van der Waals surface area contributed by atoms with E-state index >= 15 is 0 Å². The molecule has 0 radical (unpaired) electrons. The Morgan fingerprint density at radius 2 is 2.05 bits per heavy atom. The van der Waals surface area contributed by atoms with Gasteiger partial charge >= 0.3 is 5.97 Å². The Morgan fingerprint density at radius 3 is 2.66 bits per heavy atom. The summed E-state index contributed by atoms with van der Waals surface area (Å²) in [5.41, 5.74) is 1.39. The number of rotatable bonds is 13. The van der Waals surface area contributed by atoms with E-state index in [4.69, 9.17) is 16.3 Å². The van der Waals surface area contributed by atoms with Crippen LogP contribution in [0.1, 0.15) is 45.1 Å². The van der Waals surface area contributed by atoms with Gasteiger partial charge in [0, 0.05) is 16.6 Å². The molecule has 3 aliphatic heterocycles. The number of aliphatic hydroxyl groups excluding tert-OH is 1. The van der Waals surface area contributed by atoms with Crippen LogP contribution >= 0.6 is 39.3 Å². The fourth-order valence-electron chi connectivity index (χ4n) is 6.79. The van der Waals surface area contributed by atoms with Gasteiger partial charge in [-0.25, -0.2) is 0 Å². The van der Waals surface area contributed by atoms with Crippen LogP contribution in [0.2, 0.25) is 5.02 Å². The summed E-state index contributed by atoms with van der Waals surface area (Å²) in [6.45, 7) is 13.5. The van der Waals surface area contributed by atoms with Crippen LogP contribution in [-0.2, 0) is 19.1 Å². The highest BCUT2D eigenvalue weighted by Crippen LogP contribution is 2.68. The van der Waals surface area contributed by atoms with Crippen LogP contribution in [0.15, 0.2) is 43.5 Å². The van der Waals surface area contributed by atoms with Gasteiger partial charge in [-0.15, -0.1) is 24.9 Å². The first kappa shape index (κ1) is 32.1. The molecule has 1 aromatic rings. The smallest absolute Gasteiger partial charge is 0.310 e. The Bertz CT molecular complexity index is 1180.